The first-order valence-electron chi connectivity index (χ1n) is 6.33. The summed E-state index contributed by atoms with van der Waals surface area (Å²) in [6, 6.07) is 3.84. The van der Waals surface area contributed by atoms with Gasteiger partial charge in [0.25, 0.3) is 0 Å². The van der Waals surface area contributed by atoms with E-state index in [-0.39, 0.29) is 24.9 Å². The Labute approximate surface area is 108 Å². The summed E-state index contributed by atoms with van der Waals surface area (Å²) in [5.41, 5.74) is 7.01. The summed E-state index contributed by atoms with van der Waals surface area (Å²) >= 11 is 0. The zero-order valence-electron chi connectivity index (χ0n) is 10.9. The molecule has 5 nitrogen and oxygen atoms in total. The van der Waals surface area contributed by atoms with Gasteiger partial charge in [0.2, 0.25) is 0 Å². The van der Waals surface area contributed by atoms with Crippen LogP contribution in [-0.4, -0.2) is 42.0 Å². The molecule has 0 radical (unpaired) electrons. The van der Waals surface area contributed by atoms with Gasteiger partial charge in [-0.25, -0.2) is 4.98 Å². The highest BCUT2D eigenvalue weighted by Crippen LogP contribution is 2.25. The predicted molar refractivity (Wildman–Crippen MR) is 70.5 cm³/mol. The number of nitrogens with two attached hydrogens (primary N) is 1. The lowest BCUT2D eigenvalue weighted by atomic mass is 10.1. The van der Waals surface area contributed by atoms with Crippen molar-refractivity contribution in [3.05, 3.63) is 23.9 Å². The number of nitrogens with zero attached hydrogens (tertiary/aromatic N) is 2. The van der Waals surface area contributed by atoms with E-state index in [1.165, 1.54) is 0 Å². The lowest BCUT2D eigenvalue weighted by Crippen LogP contribution is -2.48. The number of ether oxygens (including phenoxy) is 1. The monoisotopic (exact) mass is 251 g/mol. The molecule has 2 rings (SSSR count). The first kappa shape index (κ1) is 13.3. The van der Waals surface area contributed by atoms with Crippen LogP contribution in [0, 0.1) is 0 Å². The summed E-state index contributed by atoms with van der Waals surface area (Å²) in [4.78, 5) is 6.58. The molecule has 0 spiro atoms. The molecule has 1 aliphatic heterocycles. The molecule has 0 aromatic carbocycles. The molecule has 0 saturated carbocycles. The molecule has 3 unspecified atom stereocenters. The molecule has 100 valence electrons. The lowest BCUT2D eigenvalue weighted by Gasteiger charge is -2.37. The van der Waals surface area contributed by atoms with E-state index in [2.05, 4.69) is 9.88 Å². The van der Waals surface area contributed by atoms with Gasteiger partial charge in [-0.15, -0.1) is 0 Å². The van der Waals surface area contributed by atoms with Crippen LogP contribution in [0.1, 0.15) is 25.5 Å². The Morgan fingerprint density at radius 3 is 3.06 bits per heavy atom. The highest BCUT2D eigenvalue weighted by Gasteiger charge is 2.27. The van der Waals surface area contributed by atoms with E-state index >= 15 is 0 Å². The van der Waals surface area contributed by atoms with E-state index in [9.17, 15) is 5.11 Å². The number of pyridine rings is 1. The van der Waals surface area contributed by atoms with Crippen LogP contribution in [-0.2, 0) is 4.74 Å². The number of rotatable bonds is 3. The standard InChI is InChI=1S/C13H21N3O2/c1-9-6-16(7-11(8-17)18-9)13-12(10(2)14)4-3-5-15-13/h3-5,9-11,17H,6-8,14H2,1-2H3. The second-order valence-electron chi connectivity index (χ2n) is 4.86. The predicted octanol–water partition coefficient (Wildman–Crippen LogP) is 0.687. The third-order valence-electron chi connectivity index (χ3n) is 3.14. The van der Waals surface area contributed by atoms with Crippen LogP contribution < -0.4 is 10.6 Å². The average Bonchev–Trinajstić information content (AvgIpc) is 2.38. The van der Waals surface area contributed by atoms with Crippen LogP contribution in [0.5, 0.6) is 0 Å². The van der Waals surface area contributed by atoms with Crippen molar-refractivity contribution in [3.8, 4) is 0 Å². The summed E-state index contributed by atoms with van der Waals surface area (Å²) in [5, 5.41) is 9.26. The molecule has 2 heterocycles. The maximum absolute atomic E-state index is 9.26. The average molecular weight is 251 g/mol. The largest absolute Gasteiger partial charge is 0.394 e. The van der Waals surface area contributed by atoms with Crippen molar-refractivity contribution in [1.29, 1.82) is 0 Å². The van der Waals surface area contributed by atoms with Crippen LogP contribution in [0.4, 0.5) is 5.82 Å². The van der Waals surface area contributed by atoms with Crippen LogP contribution in [0.25, 0.3) is 0 Å². The molecule has 1 aromatic heterocycles. The smallest absolute Gasteiger partial charge is 0.133 e. The molecule has 0 amide bonds. The molecule has 5 heteroatoms. The van der Waals surface area contributed by atoms with E-state index in [0.29, 0.717) is 6.54 Å². The molecular weight excluding hydrogens is 230 g/mol. The number of anilines is 1. The van der Waals surface area contributed by atoms with Crippen molar-refractivity contribution in [2.75, 3.05) is 24.6 Å². The van der Waals surface area contributed by atoms with Gasteiger partial charge in [-0.05, 0) is 19.9 Å². The molecule has 3 N–H and O–H groups in total. The van der Waals surface area contributed by atoms with E-state index in [0.717, 1.165) is 17.9 Å². The molecule has 0 aliphatic carbocycles. The molecule has 1 fully saturated rings. The van der Waals surface area contributed by atoms with Crippen molar-refractivity contribution < 1.29 is 9.84 Å². The number of hydrogen-bond donors (Lipinski definition) is 2. The number of aliphatic hydroxyl groups excluding tert-OH is 1. The minimum absolute atomic E-state index is 0.0290. The Morgan fingerprint density at radius 2 is 2.39 bits per heavy atom. The van der Waals surface area contributed by atoms with Gasteiger partial charge >= 0.3 is 0 Å². The fraction of sp³-hybridized carbons (Fsp3) is 0.615. The normalized spacial score (nSPS) is 26.1. The summed E-state index contributed by atoms with van der Waals surface area (Å²) in [6.07, 6.45) is 1.70. The summed E-state index contributed by atoms with van der Waals surface area (Å²) in [7, 11) is 0. The van der Waals surface area contributed by atoms with E-state index in [4.69, 9.17) is 10.5 Å². The van der Waals surface area contributed by atoms with Crippen molar-refractivity contribution in [2.45, 2.75) is 32.1 Å². The molecule has 1 saturated heterocycles. The lowest BCUT2D eigenvalue weighted by molar-refractivity contribution is -0.0423. The van der Waals surface area contributed by atoms with Gasteiger partial charge in [0, 0.05) is 30.9 Å². The van der Waals surface area contributed by atoms with Crippen LogP contribution >= 0.6 is 0 Å². The molecule has 1 aromatic rings. The van der Waals surface area contributed by atoms with E-state index < -0.39 is 0 Å². The van der Waals surface area contributed by atoms with Gasteiger partial charge in [-0.1, -0.05) is 6.07 Å². The van der Waals surface area contributed by atoms with Gasteiger partial charge < -0.3 is 20.5 Å². The quantitative estimate of drug-likeness (QED) is 0.827. The summed E-state index contributed by atoms with van der Waals surface area (Å²) < 4.78 is 5.64. The Balaban J connectivity index is 2.25. The molecule has 0 bridgehead atoms. The second-order valence-corrected chi connectivity index (χ2v) is 4.86. The zero-order valence-corrected chi connectivity index (χ0v) is 10.9. The first-order chi connectivity index (χ1) is 8.61. The fourth-order valence-corrected chi connectivity index (χ4v) is 2.35. The number of aliphatic hydroxyl groups is 1. The Kier molecular flexibility index (Phi) is 4.16. The summed E-state index contributed by atoms with van der Waals surface area (Å²) in [5.74, 6) is 0.904. The van der Waals surface area contributed by atoms with Crippen LogP contribution in [0.15, 0.2) is 18.3 Å². The van der Waals surface area contributed by atoms with Gasteiger partial charge in [0.05, 0.1) is 18.8 Å². The summed E-state index contributed by atoms with van der Waals surface area (Å²) in [6.45, 7) is 5.41. The highest BCUT2D eigenvalue weighted by molar-refractivity contribution is 5.48. The number of hydrogen-bond acceptors (Lipinski definition) is 5. The van der Waals surface area contributed by atoms with Gasteiger partial charge in [-0.3, -0.25) is 0 Å². The highest BCUT2D eigenvalue weighted by atomic mass is 16.5. The van der Waals surface area contributed by atoms with Crippen LogP contribution in [0.3, 0.4) is 0 Å². The fourth-order valence-electron chi connectivity index (χ4n) is 2.35. The Morgan fingerprint density at radius 1 is 1.61 bits per heavy atom. The topological polar surface area (TPSA) is 71.6 Å². The first-order valence-corrected chi connectivity index (χ1v) is 6.33. The minimum Gasteiger partial charge on any atom is -0.394 e. The van der Waals surface area contributed by atoms with Gasteiger partial charge in [0.1, 0.15) is 5.82 Å². The maximum atomic E-state index is 9.26. The Hall–Kier alpha value is -1.17. The van der Waals surface area contributed by atoms with Crippen molar-refractivity contribution >= 4 is 5.82 Å². The number of morpholine rings is 1. The van der Waals surface area contributed by atoms with Crippen LogP contribution in [0.2, 0.25) is 0 Å². The maximum Gasteiger partial charge on any atom is 0.133 e. The third-order valence-corrected chi connectivity index (χ3v) is 3.14. The second kappa shape index (κ2) is 5.65. The van der Waals surface area contributed by atoms with Crippen molar-refractivity contribution in [1.82, 2.24) is 4.98 Å². The van der Waals surface area contributed by atoms with Crippen molar-refractivity contribution in [3.63, 3.8) is 0 Å². The van der Waals surface area contributed by atoms with Crippen molar-refractivity contribution in [2.24, 2.45) is 5.73 Å². The van der Waals surface area contributed by atoms with Gasteiger partial charge in [-0.2, -0.15) is 0 Å². The van der Waals surface area contributed by atoms with E-state index in [1.54, 1.807) is 6.20 Å². The molecule has 3 atom stereocenters. The minimum atomic E-state index is -0.156. The Bertz CT molecular complexity index is 398. The zero-order chi connectivity index (χ0) is 13.1. The molecule has 18 heavy (non-hydrogen) atoms. The SMILES string of the molecule is CC1CN(c2ncccc2C(C)N)CC(CO)O1. The molecular formula is C13H21N3O2. The molecule has 1 aliphatic rings. The van der Waals surface area contributed by atoms with Gasteiger partial charge in [0.15, 0.2) is 0 Å². The third kappa shape index (κ3) is 2.80. The van der Waals surface area contributed by atoms with E-state index in [1.807, 2.05) is 26.0 Å². The number of aromatic nitrogens is 1.